The number of aromatic nitrogens is 1. The number of nitrogens with zero attached hydrogens (tertiary/aromatic N) is 3. The van der Waals surface area contributed by atoms with Crippen LogP contribution in [0.4, 0.5) is 5.82 Å². The minimum absolute atomic E-state index is 0.0919. The van der Waals surface area contributed by atoms with Crippen LogP contribution in [0.15, 0.2) is 23.2 Å². The number of rotatable bonds is 4. The van der Waals surface area contributed by atoms with Crippen LogP contribution in [0.1, 0.15) is 0 Å². The van der Waals surface area contributed by atoms with E-state index in [2.05, 4.69) is 4.98 Å². The number of aliphatic hydroxyl groups is 1. The van der Waals surface area contributed by atoms with E-state index >= 15 is 0 Å². The minimum atomic E-state index is -3.49. The highest BCUT2D eigenvalue weighted by Gasteiger charge is 2.28. The SMILES string of the molecule is Nc1ccc(S(=O)(=O)N2CCN(CCO)CC2)cn1. The van der Waals surface area contributed by atoms with Crippen molar-refractivity contribution in [3.8, 4) is 0 Å². The standard InChI is InChI=1S/C11H18N4O3S/c12-11-2-1-10(9-13-11)19(17,18)15-5-3-14(4-6-15)7-8-16/h1-2,9,16H,3-8H2,(H2,12,13). The maximum Gasteiger partial charge on any atom is 0.244 e. The van der Waals surface area contributed by atoms with Crippen LogP contribution in [0.2, 0.25) is 0 Å². The molecule has 1 fully saturated rings. The highest BCUT2D eigenvalue weighted by molar-refractivity contribution is 7.89. The van der Waals surface area contributed by atoms with Crippen LogP contribution in [-0.4, -0.2) is 67.0 Å². The molecule has 2 heterocycles. The molecule has 8 heteroatoms. The van der Waals surface area contributed by atoms with Gasteiger partial charge in [-0.25, -0.2) is 13.4 Å². The number of hydrogen-bond acceptors (Lipinski definition) is 6. The van der Waals surface area contributed by atoms with Crippen molar-refractivity contribution >= 4 is 15.8 Å². The van der Waals surface area contributed by atoms with E-state index in [1.807, 2.05) is 4.90 Å². The lowest BCUT2D eigenvalue weighted by atomic mass is 10.4. The molecular formula is C11H18N4O3S. The number of hydrogen-bond donors (Lipinski definition) is 2. The van der Waals surface area contributed by atoms with Crippen molar-refractivity contribution in [2.75, 3.05) is 45.1 Å². The van der Waals surface area contributed by atoms with Gasteiger partial charge in [-0.1, -0.05) is 0 Å². The number of pyridine rings is 1. The van der Waals surface area contributed by atoms with Crippen molar-refractivity contribution in [1.82, 2.24) is 14.2 Å². The molecule has 3 N–H and O–H groups in total. The Bertz CT molecular complexity index is 509. The fourth-order valence-electron chi connectivity index (χ4n) is 2.03. The molecule has 1 aromatic heterocycles. The van der Waals surface area contributed by atoms with Gasteiger partial charge in [0, 0.05) is 38.9 Å². The van der Waals surface area contributed by atoms with Crippen molar-refractivity contribution in [2.45, 2.75) is 4.90 Å². The van der Waals surface area contributed by atoms with Gasteiger partial charge >= 0.3 is 0 Å². The molecule has 1 saturated heterocycles. The molecular weight excluding hydrogens is 268 g/mol. The third-order valence-electron chi connectivity index (χ3n) is 3.14. The van der Waals surface area contributed by atoms with Crippen molar-refractivity contribution in [1.29, 1.82) is 0 Å². The average Bonchev–Trinajstić information content (AvgIpc) is 2.40. The molecule has 2 rings (SSSR count). The lowest BCUT2D eigenvalue weighted by molar-refractivity contribution is 0.151. The predicted octanol–water partition coefficient (Wildman–Crippen LogP) is -1.04. The topological polar surface area (TPSA) is 99.8 Å². The summed E-state index contributed by atoms with van der Waals surface area (Å²) in [5.74, 6) is 0.298. The summed E-state index contributed by atoms with van der Waals surface area (Å²) >= 11 is 0. The fraction of sp³-hybridized carbons (Fsp3) is 0.545. The molecule has 0 atom stereocenters. The quantitative estimate of drug-likeness (QED) is 0.733. The van der Waals surface area contributed by atoms with Crippen LogP contribution < -0.4 is 5.73 Å². The van der Waals surface area contributed by atoms with Crippen LogP contribution >= 0.6 is 0 Å². The van der Waals surface area contributed by atoms with E-state index in [0.717, 1.165) is 0 Å². The molecule has 0 saturated carbocycles. The van der Waals surface area contributed by atoms with Crippen molar-refractivity contribution in [3.63, 3.8) is 0 Å². The molecule has 0 aliphatic carbocycles. The summed E-state index contributed by atoms with van der Waals surface area (Å²) in [6.07, 6.45) is 1.28. The Labute approximate surface area is 112 Å². The largest absolute Gasteiger partial charge is 0.395 e. The maximum absolute atomic E-state index is 12.3. The summed E-state index contributed by atoms with van der Waals surface area (Å²) in [5.41, 5.74) is 5.45. The second kappa shape index (κ2) is 5.83. The second-order valence-corrected chi connectivity index (χ2v) is 6.33. The zero-order chi connectivity index (χ0) is 13.9. The molecule has 0 unspecified atom stereocenters. The number of nitrogens with two attached hydrogens (primary N) is 1. The Kier molecular flexibility index (Phi) is 4.35. The van der Waals surface area contributed by atoms with Crippen molar-refractivity contribution < 1.29 is 13.5 Å². The molecule has 0 spiro atoms. The first-order valence-electron chi connectivity index (χ1n) is 6.09. The zero-order valence-electron chi connectivity index (χ0n) is 10.6. The second-order valence-electron chi connectivity index (χ2n) is 4.39. The van der Waals surface area contributed by atoms with Gasteiger partial charge in [-0.05, 0) is 12.1 Å². The number of nitrogen functional groups attached to an aromatic ring is 1. The number of piperazine rings is 1. The van der Waals surface area contributed by atoms with Crippen molar-refractivity contribution in [3.05, 3.63) is 18.3 Å². The maximum atomic E-state index is 12.3. The van der Waals surface area contributed by atoms with Gasteiger partial charge in [-0.3, -0.25) is 4.90 Å². The molecule has 1 aliphatic heterocycles. The van der Waals surface area contributed by atoms with Gasteiger partial charge in [0.2, 0.25) is 10.0 Å². The number of β-amino-alcohol motifs (C(OH)–C–C–N with tert-alkyl or cyclic N) is 1. The Morgan fingerprint density at radius 1 is 1.26 bits per heavy atom. The van der Waals surface area contributed by atoms with Crippen LogP contribution in [0, 0.1) is 0 Å². The Morgan fingerprint density at radius 2 is 1.95 bits per heavy atom. The summed E-state index contributed by atoms with van der Waals surface area (Å²) in [6.45, 7) is 2.77. The van der Waals surface area contributed by atoms with Crippen LogP contribution in [-0.2, 0) is 10.0 Å². The Balaban J connectivity index is 2.07. The van der Waals surface area contributed by atoms with Crippen LogP contribution in [0.25, 0.3) is 0 Å². The Hall–Kier alpha value is -1.22. The van der Waals surface area contributed by atoms with E-state index in [0.29, 0.717) is 38.5 Å². The smallest absolute Gasteiger partial charge is 0.244 e. The van der Waals surface area contributed by atoms with E-state index in [1.165, 1.54) is 22.6 Å². The van der Waals surface area contributed by atoms with Gasteiger partial charge in [0.05, 0.1) is 6.61 Å². The molecule has 19 heavy (non-hydrogen) atoms. The van der Waals surface area contributed by atoms with Crippen LogP contribution in [0.5, 0.6) is 0 Å². The van der Waals surface area contributed by atoms with Crippen LogP contribution in [0.3, 0.4) is 0 Å². The third kappa shape index (κ3) is 3.21. The summed E-state index contributed by atoms with van der Waals surface area (Å²) in [7, 11) is -3.49. The van der Waals surface area contributed by atoms with E-state index in [9.17, 15) is 8.42 Å². The summed E-state index contributed by atoms with van der Waals surface area (Å²) in [5, 5.41) is 8.85. The van der Waals surface area contributed by atoms with E-state index in [-0.39, 0.29) is 11.5 Å². The lowest BCUT2D eigenvalue weighted by Crippen LogP contribution is -2.49. The van der Waals surface area contributed by atoms with Gasteiger partial charge in [0.25, 0.3) is 0 Å². The molecule has 0 radical (unpaired) electrons. The van der Waals surface area contributed by atoms with Gasteiger partial charge in [0.15, 0.2) is 0 Å². The Morgan fingerprint density at radius 3 is 2.47 bits per heavy atom. The zero-order valence-corrected chi connectivity index (χ0v) is 11.4. The lowest BCUT2D eigenvalue weighted by Gasteiger charge is -2.33. The number of aliphatic hydroxyl groups excluding tert-OH is 1. The highest BCUT2D eigenvalue weighted by Crippen LogP contribution is 2.17. The normalized spacial score (nSPS) is 18.6. The summed E-state index contributed by atoms with van der Waals surface area (Å²) in [4.78, 5) is 6.01. The van der Waals surface area contributed by atoms with Crippen molar-refractivity contribution in [2.24, 2.45) is 0 Å². The minimum Gasteiger partial charge on any atom is -0.395 e. The van der Waals surface area contributed by atoms with E-state index in [4.69, 9.17) is 10.8 Å². The first-order valence-corrected chi connectivity index (χ1v) is 7.53. The molecule has 1 aromatic rings. The summed E-state index contributed by atoms with van der Waals surface area (Å²) < 4.78 is 26.1. The molecule has 0 aromatic carbocycles. The van der Waals surface area contributed by atoms with E-state index < -0.39 is 10.0 Å². The first kappa shape index (κ1) is 14.2. The summed E-state index contributed by atoms with van der Waals surface area (Å²) in [6, 6.07) is 2.95. The third-order valence-corrected chi connectivity index (χ3v) is 5.03. The molecule has 0 bridgehead atoms. The first-order chi connectivity index (χ1) is 9.04. The van der Waals surface area contributed by atoms with Gasteiger partial charge in [-0.15, -0.1) is 0 Å². The van der Waals surface area contributed by atoms with Gasteiger partial charge < -0.3 is 10.8 Å². The molecule has 106 valence electrons. The fourth-order valence-corrected chi connectivity index (χ4v) is 3.40. The van der Waals surface area contributed by atoms with Gasteiger partial charge in [0.1, 0.15) is 10.7 Å². The van der Waals surface area contributed by atoms with Gasteiger partial charge in [-0.2, -0.15) is 4.31 Å². The number of sulfonamides is 1. The predicted molar refractivity (Wildman–Crippen MR) is 70.9 cm³/mol. The van der Waals surface area contributed by atoms with E-state index in [1.54, 1.807) is 0 Å². The average molecular weight is 286 g/mol. The monoisotopic (exact) mass is 286 g/mol. The molecule has 0 amide bonds. The molecule has 7 nitrogen and oxygen atoms in total. The highest BCUT2D eigenvalue weighted by atomic mass is 32.2. The number of anilines is 1. The molecule has 1 aliphatic rings.